The second-order valence-electron chi connectivity index (χ2n) is 4.79. The van der Waals surface area contributed by atoms with Crippen molar-refractivity contribution in [2.75, 3.05) is 0 Å². The number of hydrogen-bond donors (Lipinski definition) is 0. The lowest BCUT2D eigenvalue weighted by atomic mass is 9.79. The van der Waals surface area contributed by atoms with E-state index in [0.29, 0.717) is 29.0 Å². The number of rotatable bonds is 1. The Labute approximate surface area is 73.8 Å². The molecule has 0 radical (unpaired) electrons. The molecule has 12 heavy (non-hydrogen) atoms. The lowest BCUT2D eigenvalue weighted by molar-refractivity contribution is -0.121. The third-order valence-corrected chi connectivity index (χ3v) is 3.83. The molecule has 0 aromatic rings. The molecule has 0 spiro atoms. The maximum Gasteiger partial charge on any atom is 0.133 e. The fourth-order valence-corrected chi connectivity index (χ4v) is 2.87. The Morgan fingerprint density at radius 2 is 2.08 bits per heavy atom. The minimum absolute atomic E-state index is 0.315. The summed E-state index contributed by atoms with van der Waals surface area (Å²) in [6.07, 6.45) is 5.63. The summed E-state index contributed by atoms with van der Waals surface area (Å²) in [5.41, 5.74) is 0.344. The summed E-state index contributed by atoms with van der Waals surface area (Å²) in [6, 6.07) is 0. The van der Waals surface area contributed by atoms with Crippen molar-refractivity contribution in [2.24, 2.45) is 23.2 Å². The molecule has 1 saturated carbocycles. The van der Waals surface area contributed by atoms with E-state index in [2.05, 4.69) is 26.0 Å². The van der Waals surface area contributed by atoms with Crippen LogP contribution in [0.4, 0.5) is 0 Å². The normalized spacial score (nSPS) is 42.1. The Hall–Kier alpha value is -0.590. The van der Waals surface area contributed by atoms with E-state index in [9.17, 15) is 4.79 Å². The first kappa shape index (κ1) is 8.03. The average Bonchev–Trinajstić information content (AvgIpc) is 2.40. The highest BCUT2D eigenvalue weighted by Gasteiger charge is 2.51. The van der Waals surface area contributed by atoms with Crippen LogP contribution in [-0.2, 0) is 4.79 Å². The predicted octanol–water partition coefficient (Wildman–Crippen LogP) is 2.42. The standard InChI is InChI=1S/C11H16O/c1-7(12)9-6-8-4-5-10(9)11(8,2)3/h4-5,8-10H,6H2,1-3H3/t8-,9-,10+/m1/s1. The van der Waals surface area contributed by atoms with Crippen molar-refractivity contribution in [3.8, 4) is 0 Å². The summed E-state index contributed by atoms with van der Waals surface area (Å²) in [5, 5.41) is 0. The van der Waals surface area contributed by atoms with Gasteiger partial charge in [-0.25, -0.2) is 0 Å². The summed E-state index contributed by atoms with van der Waals surface area (Å²) >= 11 is 0. The molecule has 0 heterocycles. The quantitative estimate of drug-likeness (QED) is 0.544. The van der Waals surface area contributed by atoms with Gasteiger partial charge in [0.1, 0.15) is 5.78 Å². The van der Waals surface area contributed by atoms with Gasteiger partial charge in [0.15, 0.2) is 0 Å². The topological polar surface area (TPSA) is 17.1 Å². The number of hydrogen-bond acceptors (Lipinski definition) is 1. The molecule has 2 aliphatic rings. The number of carbonyl (C=O) groups excluding carboxylic acids is 1. The molecule has 1 heteroatoms. The van der Waals surface area contributed by atoms with Crippen LogP contribution >= 0.6 is 0 Å². The van der Waals surface area contributed by atoms with Gasteiger partial charge < -0.3 is 0 Å². The van der Waals surface area contributed by atoms with Gasteiger partial charge in [-0.15, -0.1) is 0 Å². The van der Waals surface area contributed by atoms with Crippen LogP contribution in [-0.4, -0.2) is 5.78 Å². The first-order chi connectivity index (χ1) is 5.53. The van der Waals surface area contributed by atoms with Gasteiger partial charge in [-0.3, -0.25) is 4.79 Å². The molecule has 2 bridgehead atoms. The van der Waals surface area contributed by atoms with E-state index in [4.69, 9.17) is 0 Å². The highest BCUT2D eigenvalue weighted by atomic mass is 16.1. The molecule has 0 N–H and O–H groups in total. The molecular weight excluding hydrogens is 148 g/mol. The minimum Gasteiger partial charge on any atom is -0.300 e. The van der Waals surface area contributed by atoms with Crippen LogP contribution in [0.15, 0.2) is 12.2 Å². The van der Waals surface area contributed by atoms with E-state index < -0.39 is 0 Å². The fourth-order valence-electron chi connectivity index (χ4n) is 2.87. The molecule has 1 fully saturated rings. The maximum atomic E-state index is 11.3. The summed E-state index contributed by atoms with van der Waals surface area (Å²) < 4.78 is 0. The molecule has 0 aromatic heterocycles. The van der Waals surface area contributed by atoms with E-state index >= 15 is 0 Å². The van der Waals surface area contributed by atoms with Crippen molar-refractivity contribution in [2.45, 2.75) is 27.2 Å². The zero-order chi connectivity index (χ0) is 8.93. The van der Waals surface area contributed by atoms with Gasteiger partial charge in [0.25, 0.3) is 0 Å². The molecule has 2 rings (SSSR count). The van der Waals surface area contributed by atoms with Crippen LogP contribution in [0.2, 0.25) is 0 Å². The van der Waals surface area contributed by atoms with Gasteiger partial charge >= 0.3 is 0 Å². The molecule has 0 aromatic carbocycles. The Morgan fingerprint density at radius 1 is 1.42 bits per heavy atom. The molecule has 1 nitrogen and oxygen atoms in total. The van der Waals surface area contributed by atoms with Gasteiger partial charge in [0.2, 0.25) is 0 Å². The molecule has 0 amide bonds. The van der Waals surface area contributed by atoms with Gasteiger partial charge in [-0.05, 0) is 30.6 Å². The summed E-state index contributed by atoms with van der Waals surface area (Å²) in [5.74, 6) is 1.85. The van der Waals surface area contributed by atoms with Crippen LogP contribution in [0.25, 0.3) is 0 Å². The van der Waals surface area contributed by atoms with Crippen molar-refractivity contribution in [1.82, 2.24) is 0 Å². The molecule has 66 valence electrons. The van der Waals surface area contributed by atoms with E-state index in [0.717, 1.165) is 6.42 Å². The number of fused-ring (bicyclic) bond motifs is 2. The Kier molecular flexibility index (Phi) is 1.48. The minimum atomic E-state index is 0.315. The Bertz CT molecular complexity index is 250. The van der Waals surface area contributed by atoms with Gasteiger partial charge in [-0.2, -0.15) is 0 Å². The van der Waals surface area contributed by atoms with Crippen molar-refractivity contribution in [3.63, 3.8) is 0 Å². The second kappa shape index (κ2) is 2.21. The van der Waals surface area contributed by atoms with E-state index in [-0.39, 0.29) is 0 Å². The maximum absolute atomic E-state index is 11.3. The van der Waals surface area contributed by atoms with Crippen LogP contribution in [0.5, 0.6) is 0 Å². The Morgan fingerprint density at radius 3 is 2.33 bits per heavy atom. The highest BCUT2D eigenvalue weighted by Crippen LogP contribution is 2.56. The smallest absolute Gasteiger partial charge is 0.133 e. The van der Waals surface area contributed by atoms with E-state index in [1.165, 1.54) is 0 Å². The first-order valence-electron chi connectivity index (χ1n) is 4.72. The largest absolute Gasteiger partial charge is 0.300 e. The lowest BCUT2D eigenvalue weighted by Gasteiger charge is -2.25. The third kappa shape index (κ3) is 0.825. The van der Waals surface area contributed by atoms with Crippen LogP contribution in [0.1, 0.15) is 27.2 Å². The third-order valence-electron chi connectivity index (χ3n) is 3.83. The van der Waals surface area contributed by atoms with Crippen molar-refractivity contribution in [3.05, 3.63) is 12.2 Å². The van der Waals surface area contributed by atoms with E-state index in [1.807, 2.05) is 0 Å². The van der Waals surface area contributed by atoms with Crippen molar-refractivity contribution >= 4 is 5.78 Å². The second-order valence-corrected chi connectivity index (χ2v) is 4.79. The monoisotopic (exact) mass is 164 g/mol. The fraction of sp³-hybridized carbons (Fsp3) is 0.727. The van der Waals surface area contributed by atoms with Crippen molar-refractivity contribution in [1.29, 1.82) is 0 Å². The average molecular weight is 164 g/mol. The molecule has 0 aliphatic heterocycles. The van der Waals surface area contributed by atoms with Crippen molar-refractivity contribution < 1.29 is 4.79 Å². The summed E-state index contributed by atoms with van der Waals surface area (Å²) in [6.45, 7) is 6.30. The van der Waals surface area contributed by atoms with Crippen LogP contribution in [0.3, 0.4) is 0 Å². The molecule has 0 unspecified atom stereocenters. The first-order valence-corrected chi connectivity index (χ1v) is 4.72. The molecule has 0 saturated heterocycles. The number of ketones is 1. The van der Waals surface area contributed by atoms with Gasteiger partial charge in [-0.1, -0.05) is 26.0 Å². The summed E-state index contributed by atoms with van der Waals surface area (Å²) in [7, 11) is 0. The number of Topliss-reactive ketones (excluding diaryl/α,β-unsaturated/α-hetero) is 1. The molecule has 2 aliphatic carbocycles. The zero-order valence-corrected chi connectivity index (χ0v) is 8.00. The predicted molar refractivity (Wildman–Crippen MR) is 48.7 cm³/mol. The number of carbonyl (C=O) groups is 1. The van der Waals surface area contributed by atoms with E-state index in [1.54, 1.807) is 6.92 Å². The van der Waals surface area contributed by atoms with Crippen LogP contribution < -0.4 is 0 Å². The highest BCUT2D eigenvalue weighted by molar-refractivity contribution is 5.79. The molecular formula is C11H16O. The SMILES string of the molecule is CC(=O)[C@H]1C[C@H]2C=C[C@@H]1C2(C)C. The van der Waals surface area contributed by atoms with Gasteiger partial charge in [0, 0.05) is 5.92 Å². The molecule has 3 atom stereocenters. The number of allylic oxidation sites excluding steroid dienone is 2. The summed E-state index contributed by atoms with van der Waals surface area (Å²) in [4.78, 5) is 11.3. The van der Waals surface area contributed by atoms with Crippen LogP contribution in [0, 0.1) is 23.2 Å². The van der Waals surface area contributed by atoms with Gasteiger partial charge in [0.05, 0.1) is 0 Å². The Balaban J connectivity index is 2.30. The zero-order valence-electron chi connectivity index (χ0n) is 8.00. The lowest BCUT2D eigenvalue weighted by Crippen LogP contribution is -2.23.